The van der Waals surface area contributed by atoms with Crippen LogP contribution in [0.4, 0.5) is 5.69 Å². The minimum absolute atomic E-state index is 0.297. The molecule has 2 aliphatic rings. The zero-order valence-electron chi connectivity index (χ0n) is 15.8. The number of hydrogen-bond donors (Lipinski definition) is 8. The summed E-state index contributed by atoms with van der Waals surface area (Å²) in [5.41, 5.74) is 6.10. The molecule has 170 valence electrons. The topological polar surface area (TPSA) is 205 Å². The van der Waals surface area contributed by atoms with E-state index < -0.39 is 74.6 Å². The van der Waals surface area contributed by atoms with E-state index in [4.69, 9.17) is 24.7 Å². The van der Waals surface area contributed by atoms with Gasteiger partial charge in [0, 0.05) is 5.69 Å². The lowest BCUT2D eigenvalue weighted by molar-refractivity contribution is -0.352. The van der Waals surface area contributed by atoms with Crippen molar-refractivity contribution in [2.24, 2.45) is 0 Å². The van der Waals surface area contributed by atoms with E-state index in [-0.39, 0.29) is 0 Å². The number of hydrogen-bond acceptors (Lipinski definition) is 12. The lowest BCUT2D eigenvalue weighted by Crippen LogP contribution is -2.65. The molecule has 2 fully saturated rings. The first-order valence-electron chi connectivity index (χ1n) is 9.37. The Bertz CT molecular complexity index is 673. The first-order valence-corrected chi connectivity index (χ1v) is 9.37. The van der Waals surface area contributed by atoms with Gasteiger partial charge in [0.1, 0.15) is 54.6 Å². The van der Waals surface area contributed by atoms with E-state index in [1.807, 2.05) is 0 Å². The van der Waals surface area contributed by atoms with E-state index >= 15 is 0 Å². The van der Waals surface area contributed by atoms with Crippen LogP contribution in [0, 0.1) is 0 Å². The highest BCUT2D eigenvalue weighted by Gasteiger charge is 2.51. The van der Waals surface area contributed by atoms with E-state index in [0.717, 1.165) is 0 Å². The Balaban J connectivity index is 1.71. The van der Waals surface area contributed by atoms with Gasteiger partial charge in [-0.3, -0.25) is 0 Å². The lowest BCUT2D eigenvalue weighted by atomic mass is 9.97. The van der Waals surface area contributed by atoms with Crippen molar-refractivity contribution < 1.29 is 54.7 Å². The molecule has 30 heavy (non-hydrogen) atoms. The fraction of sp³-hybridized carbons (Fsp3) is 0.667. The molecule has 0 bridgehead atoms. The van der Waals surface area contributed by atoms with E-state index in [1.165, 1.54) is 12.1 Å². The van der Waals surface area contributed by atoms with E-state index in [9.17, 15) is 35.7 Å². The van der Waals surface area contributed by atoms with Crippen LogP contribution in [-0.4, -0.2) is 110 Å². The Labute approximate surface area is 171 Å². The molecule has 10 atom stereocenters. The van der Waals surface area contributed by atoms with Crippen LogP contribution in [0.25, 0.3) is 0 Å². The van der Waals surface area contributed by atoms with Gasteiger partial charge in [0.25, 0.3) is 0 Å². The summed E-state index contributed by atoms with van der Waals surface area (Å²) < 4.78 is 21.7. The number of benzene rings is 1. The maximum absolute atomic E-state index is 10.5. The van der Waals surface area contributed by atoms with Crippen LogP contribution in [0.1, 0.15) is 0 Å². The molecule has 3 rings (SSSR count). The number of aliphatic hydroxyl groups is 7. The van der Waals surface area contributed by atoms with E-state index in [1.54, 1.807) is 12.1 Å². The zero-order chi connectivity index (χ0) is 22.0. The Kier molecular flexibility index (Phi) is 7.47. The van der Waals surface area contributed by atoms with Crippen molar-refractivity contribution in [1.82, 2.24) is 0 Å². The fourth-order valence-electron chi connectivity index (χ4n) is 3.33. The Morgan fingerprint density at radius 2 is 1.30 bits per heavy atom. The highest BCUT2D eigenvalue weighted by molar-refractivity contribution is 5.41. The zero-order valence-corrected chi connectivity index (χ0v) is 15.8. The van der Waals surface area contributed by atoms with Gasteiger partial charge >= 0.3 is 0 Å². The molecule has 2 aliphatic heterocycles. The number of ether oxygens (including phenoxy) is 4. The molecule has 0 aliphatic carbocycles. The van der Waals surface area contributed by atoms with Gasteiger partial charge < -0.3 is 60.4 Å². The molecule has 0 amide bonds. The van der Waals surface area contributed by atoms with Gasteiger partial charge in [0.2, 0.25) is 6.29 Å². The average Bonchev–Trinajstić information content (AvgIpc) is 2.74. The minimum Gasteiger partial charge on any atom is -0.462 e. The van der Waals surface area contributed by atoms with Crippen molar-refractivity contribution in [3.05, 3.63) is 24.3 Å². The van der Waals surface area contributed by atoms with E-state index in [2.05, 4.69) is 0 Å². The third kappa shape index (κ3) is 4.68. The molecule has 1 aromatic carbocycles. The summed E-state index contributed by atoms with van der Waals surface area (Å²) in [7, 11) is 0. The van der Waals surface area contributed by atoms with Crippen molar-refractivity contribution in [1.29, 1.82) is 0 Å². The number of rotatable bonds is 6. The second-order valence-electron chi connectivity index (χ2n) is 7.19. The largest absolute Gasteiger partial charge is 0.462 e. The van der Waals surface area contributed by atoms with Crippen LogP contribution in [0.15, 0.2) is 24.3 Å². The van der Waals surface area contributed by atoms with Crippen molar-refractivity contribution in [3.63, 3.8) is 0 Å². The molecule has 9 N–H and O–H groups in total. The first-order chi connectivity index (χ1) is 14.3. The van der Waals surface area contributed by atoms with Gasteiger partial charge in [-0.2, -0.15) is 0 Å². The summed E-state index contributed by atoms with van der Waals surface area (Å²) in [6.45, 7) is -1.31. The summed E-state index contributed by atoms with van der Waals surface area (Å²) in [4.78, 5) is 0. The molecule has 1 aromatic rings. The third-order valence-electron chi connectivity index (χ3n) is 5.09. The predicted molar refractivity (Wildman–Crippen MR) is 97.9 cm³/mol. The van der Waals surface area contributed by atoms with Crippen LogP contribution in [0.5, 0.6) is 5.75 Å². The quantitative estimate of drug-likeness (QED) is 0.204. The normalized spacial score (nSPS) is 42.1. The number of anilines is 1. The Morgan fingerprint density at radius 3 is 1.90 bits per heavy atom. The van der Waals surface area contributed by atoms with Gasteiger partial charge in [-0.15, -0.1) is 0 Å². The highest BCUT2D eigenvalue weighted by atomic mass is 16.7. The van der Waals surface area contributed by atoms with Gasteiger partial charge in [-0.1, -0.05) is 0 Å². The van der Waals surface area contributed by atoms with Crippen molar-refractivity contribution in [3.8, 4) is 5.75 Å². The third-order valence-corrected chi connectivity index (χ3v) is 5.09. The van der Waals surface area contributed by atoms with Crippen molar-refractivity contribution in [2.75, 3.05) is 18.9 Å². The summed E-state index contributed by atoms with van der Waals surface area (Å²) in [6.07, 6.45) is -15.0. The number of aliphatic hydroxyl groups excluding tert-OH is 7. The Hall–Kier alpha value is -1.58. The molecule has 0 saturated carbocycles. The molecule has 12 nitrogen and oxygen atoms in total. The molecular weight excluding hydrogens is 406 g/mol. The summed E-state index contributed by atoms with van der Waals surface area (Å²) >= 11 is 0. The van der Waals surface area contributed by atoms with Gasteiger partial charge in [0.15, 0.2) is 6.29 Å². The minimum atomic E-state index is -1.73. The fourth-order valence-corrected chi connectivity index (χ4v) is 3.33. The second-order valence-corrected chi connectivity index (χ2v) is 7.19. The molecule has 0 spiro atoms. The molecule has 2 saturated heterocycles. The molecule has 0 radical (unpaired) electrons. The monoisotopic (exact) mass is 433 g/mol. The second kappa shape index (κ2) is 9.70. The maximum atomic E-state index is 10.5. The smallest absolute Gasteiger partial charge is 0.229 e. The predicted octanol–water partition coefficient (Wildman–Crippen LogP) is -3.73. The van der Waals surface area contributed by atoms with Crippen LogP contribution >= 0.6 is 0 Å². The molecular formula is C18H27NO11. The first kappa shape index (κ1) is 23.1. The summed E-state index contributed by atoms with van der Waals surface area (Å²) in [6, 6.07) is 6.19. The lowest BCUT2D eigenvalue weighted by Gasteiger charge is -2.45. The van der Waals surface area contributed by atoms with Gasteiger partial charge in [-0.25, -0.2) is 0 Å². The SMILES string of the molecule is Nc1ccc(OC2OC(CO)C(OC3OC(CO)C(O)C(O)C3O)C(O)C2O)cc1. The molecule has 0 aromatic heterocycles. The summed E-state index contributed by atoms with van der Waals surface area (Å²) in [5, 5.41) is 69.7. The van der Waals surface area contributed by atoms with Gasteiger partial charge in [0.05, 0.1) is 13.2 Å². The number of nitrogen functional groups attached to an aromatic ring is 1. The average molecular weight is 433 g/mol. The molecule has 12 heteroatoms. The van der Waals surface area contributed by atoms with Crippen molar-refractivity contribution in [2.45, 2.75) is 61.4 Å². The van der Waals surface area contributed by atoms with Crippen LogP contribution < -0.4 is 10.5 Å². The molecule has 2 heterocycles. The Morgan fingerprint density at radius 1 is 0.733 bits per heavy atom. The van der Waals surface area contributed by atoms with E-state index in [0.29, 0.717) is 11.4 Å². The van der Waals surface area contributed by atoms with Crippen LogP contribution in [0.2, 0.25) is 0 Å². The number of nitrogens with two attached hydrogens (primary N) is 1. The summed E-state index contributed by atoms with van der Waals surface area (Å²) in [5.74, 6) is 0.297. The van der Waals surface area contributed by atoms with Crippen LogP contribution in [-0.2, 0) is 14.2 Å². The van der Waals surface area contributed by atoms with Gasteiger partial charge in [-0.05, 0) is 24.3 Å². The maximum Gasteiger partial charge on any atom is 0.229 e. The van der Waals surface area contributed by atoms with Crippen LogP contribution in [0.3, 0.4) is 0 Å². The standard InChI is InChI=1S/C18H27NO11/c19-7-1-3-8(4-2-7)27-17-15(26)13(24)16(10(6-21)29-17)30-18-14(25)12(23)11(22)9(5-20)28-18/h1-4,9-18,20-26H,5-6,19H2. The highest BCUT2D eigenvalue weighted by Crippen LogP contribution is 2.30. The van der Waals surface area contributed by atoms with Crippen molar-refractivity contribution >= 4 is 5.69 Å². The molecule has 10 unspecified atom stereocenters.